The zero-order valence-corrected chi connectivity index (χ0v) is 20.0. The summed E-state index contributed by atoms with van der Waals surface area (Å²) in [5.41, 5.74) is 3.67. The third kappa shape index (κ3) is 5.38. The number of anilines is 3. The summed E-state index contributed by atoms with van der Waals surface area (Å²) in [4.78, 5) is 17.5. The van der Waals surface area contributed by atoms with Crippen molar-refractivity contribution < 1.29 is 23.7 Å². The number of pyridine rings is 1. The van der Waals surface area contributed by atoms with Crippen LogP contribution in [-0.4, -0.2) is 39.3 Å². The van der Waals surface area contributed by atoms with Gasteiger partial charge in [-0.15, -0.1) is 0 Å². The molecule has 0 atom stereocenters. The molecule has 35 heavy (non-hydrogen) atoms. The normalized spacial score (nSPS) is 10.5. The molecule has 0 radical (unpaired) electrons. The second kappa shape index (κ2) is 10.6. The maximum atomic E-state index is 12.8. The van der Waals surface area contributed by atoms with Crippen LogP contribution in [0.5, 0.6) is 23.0 Å². The average molecular weight is 474 g/mol. The molecule has 1 amide bonds. The lowest BCUT2D eigenvalue weighted by molar-refractivity contribution is -0.115. The van der Waals surface area contributed by atoms with Gasteiger partial charge >= 0.3 is 0 Å². The summed E-state index contributed by atoms with van der Waals surface area (Å²) in [6.07, 6.45) is 0.0970. The van der Waals surface area contributed by atoms with Gasteiger partial charge in [0.15, 0.2) is 23.0 Å². The summed E-state index contributed by atoms with van der Waals surface area (Å²) in [6, 6.07) is 20.5. The minimum absolute atomic E-state index is 0.0970. The van der Waals surface area contributed by atoms with Gasteiger partial charge in [-0.1, -0.05) is 18.2 Å². The van der Waals surface area contributed by atoms with Gasteiger partial charge in [-0.25, -0.2) is 0 Å². The van der Waals surface area contributed by atoms with E-state index < -0.39 is 0 Å². The first-order valence-corrected chi connectivity index (χ1v) is 10.9. The predicted octanol–water partition coefficient (Wildman–Crippen LogP) is 5.19. The molecule has 0 saturated carbocycles. The Morgan fingerprint density at radius 1 is 0.743 bits per heavy atom. The molecule has 0 saturated heterocycles. The van der Waals surface area contributed by atoms with E-state index >= 15 is 0 Å². The summed E-state index contributed by atoms with van der Waals surface area (Å²) in [5, 5.41) is 7.26. The van der Waals surface area contributed by atoms with Crippen LogP contribution in [0.15, 0.2) is 66.7 Å². The second-order valence-corrected chi connectivity index (χ2v) is 7.67. The summed E-state index contributed by atoms with van der Waals surface area (Å²) < 4.78 is 21.3. The van der Waals surface area contributed by atoms with Crippen molar-refractivity contribution in [2.75, 3.05) is 39.1 Å². The number of para-hydroxylation sites is 1. The van der Waals surface area contributed by atoms with Gasteiger partial charge in [-0.05, 0) is 36.4 Å². The van der Waals surface area contributed by atoms with E-state index in [2.05, 4.69) is 10.6 Å². The van der Waals surface area contributed by atoms with Crippen molar-refractivity contribution in [3.05, 3.63) is 72.4 Å². The van der Waals surface area contributed by atoms with Crippen LogP contribution in [0.1, 0.15) is 5.69 Å². The van der Waals surface area contributed by atoms with Crippen LogP contribution in [0.25, 0.3) is 10.9 Å². The molecule has 0 spiro atoms. The number of nitrogens with zero attached hydrogens (tertiary/aromatic N) is 1. The molecule has 8 heteroatoms. The molecule has 4 rings (SSSR count). The van der Waals surface area contributed by atoms with Gasteiger partial charge in [-0.3, -0.25) is 9.78 Å². The highest BCUT2D eigenvalue weighted by molar-refractivity contribution is 5.96. The Bertz CT molecular complexity index is 1360. The van der Waals surface area contributed by atoms with E-state index in [1.807, 2.05) is 48.5 Å². The fourth-order valence-electron chi connectivity index (χ4n) is 3.78. The maximum Gasteiger partial charge on any atom is 0.230 e. The molecule has 180 valence electrons. The van der Waals surface area contributed by atoms with Crippen LogP contribution in [0, 0.1) is 0 Å². The standard InChI is InChI=1S/C27H27N3O5/c1-32-23-11-9-17(14-25(23)34-3)28-22-13-19(29-21-8-6-5-7-20(21)22)16-27(31)30-18-10-12-24(33-2)26(15-18)35-4/h5-15H,16H2,1-4H3,(H,28,29)(H,30,31). The largest absolute Gasteiger partial charge is 0.493 e. The first-order valence-electron chi connectivity index (χ1n) is 10.9. The lowest BCUT2D eigenvalue weighted by Gasteiger charge is -2.14. The number of aromatic nitrogens is 1. The van der Waals surface area contributed by atoms with Gasteiger partial charge in [0.2, 0.25) is 5.91 Å². The molecule has 1 aromatic heterocycles. The monoisotopic (exact) mass is 473 g/mol. The molecule has 1 heterocycles. The van der Waals surface area contributed by atoms with E-state index in [1.165, 1.54) is 0 Å². The van der Waals surface area contributed by atoms with Gasteiger partial charge in [0.1, 0.15) is 0 Å². The zero-order valence-electron chi connectivity index (χ0n) is 20.0. The topological polar surface area (TPSA) is 90.9 Å². The first kappa shape index (κ1) is 23.7. The number of ether oxygens (including phenoxy) is 4. The number of carbonyl (C=O) groups is 1. The van der Waals surface area contributed by atoms with Gasteiger partial charge in [0, 0.05) is 34.6 Å². The molecule has 0 fully saturated rings. The Hall–Kier alpha value is -4.46. The number of rotatable bonds is 9. The molecule has 2 N–H and O–H groups in total. The summed E-state index contributed by atoms with van der Waals surface area (Å²) >= 11 is 0. The third-order valence-corrected chi connectivity index (χ3v) is 5.44. The van der Waals surface area contributed by atoms with E-state index in [9.17, 15) is 4.79 Å². The Morgan fingerprint density at radius 2 is 1.34 bits per heavy atom. The molecule has 3 aromatic carbocycles. The lowest BCUT2D eigenvalue weighted by atomic mass is 10.1. The van der Waals surface area contributed by atoms with Crippen molar-refractivity contribution in [2.24, 2.45) is 0 Å². The van der Waals surface area contributed by atoms with E-state index in [1.54, 1.807) is 46.6 Å². The minimum Gasteiger partial charge on any atom is -0.493 e. The number of fused-ring (bicyclic) bond motifs is 1. The Kier molecular flexibility index (Phi) is 7.21. The van der Waals surface area contributed by atoms with Crippen molar-refractivity contribution in [2.45, 2.75) is 6.42 Å². The Morgan fingerprint density at radius 3 is 2.00 bits per heavy atom. The van der Waals surface area contributed by atoms with Crippen LogP contribution >= 0.6 is 0 Å². The van der Waals surface area contributed by atoms with Crippen molar-refractivity contribution in [3.8, 4) is 23.0 Å². The average Bonchev–Trinajstić information content (AvgIpc) is 2.88. The number of hydrogen-bond donors (Lipinski definition) is 2. The molecule has 0 aliphatic rings. The molecule has 4 aromatic rings. The highest BCUT2D eigenvalue weighted by Gasteiger charge is 2.13. The van der Waals surface area contributed by atoms with Crippen molar-refractivity contribution in [1.29, 1.82) is 0 Å². The summed E-state index contributed by atoms with van der Waals surface area (Å²) in [6.45, 7) is 0. The molecular formula is C27H27N3O5. The van der Waals surface area contributed by atoms with Crippen LogP contribution < -0.4 is 29.6 Å². The predicted molar refractivity (Wildman–Crippen MR) is 136 cm³/mol. The minimum atomic E-state index is -0.197. The van der Waals surface area contributed by atoms with E-state index in [0.717, 1.165) is 22.3 Å². The number of amides is 1. The molecule has 0 aliphatic carbocycles. The molecule has 0 aliphatic heterocycles. The lowest BCUT2D eigenvalue weighted by Crippen LogP contribution is -2.15. The number of hydrogen-bond acceptors (Lipinski definition) is 7. The molecule has 0 bridgehead atoms. The van der Waals surface area contributed by atoms with E-state index in [-0.39, 0.29) is 12.3 Å². The molecule has 8 nitrogen and oxygen atoms in total. The Balaban J connectivity index is 1.59. The second-order valence-electron chi connectivity index (χ2n) is 7.67. The quantitative estimate of drug-likeness (QED) is 0.346. The third-order valence-electron chi connectivity index (χ3n) is 5.44. The van der Waals surface area contributed by atoms with Gasteiger partial charge in [0.05, 0.1) is 46.1 Å². The zero-order chi connectivity index (χ0) is 24.8. The number of nitrogens with one attached hydrogen (secondary N) is 2. The maximum absolute atomic E-state index is 12.8. The molecular weight excluding hydrogens is 446 g/mol. The van der Waals surface area contributed by atoms with Crippen molar-refractivity contribution in [3.63, 3.8) is 0 Å². The van der Waals surface area contributed by atoms with E-state index in [0.29, 0.717) is 34.4 Å². The van der Waals surface area contributed by atoms with E-state index in [4.69, 9.17) is 23.9 Å². The van der Waals surface area contributed by atoms with Crippen LogP contribution in [0.2, 0.25) is 0 Å². The highest BCUT2D eigenvalue weighted by atomic mass is 16.5. The SMILES string of the molecule is COc1ccc(NC(=O)Cc2cc(Nc3ccc(OC)c(OC)c3)c3ccccc3n2)cc1OC. The highest BCUT2D eigenvalue weighted by Crippen LogP contribution is 2.33. The number of carbonyl (C=O) groups excluding carboxylic acids is 1. The molecule has 0 unspecified atom stereocenters. The van der Waals surface area contributed by atoms with Crippen molar-refractivity contribution in [1.82, 2.24) is 4.98 Å². The number of methoxy groups -OCH3 is 4. The van der Waals surface area contributed by atoms with Crippen molar-refractivity contribution >= 4 is 33.9 Å². The first-order chi connectivity index (χ1) is 17.0. The summed E-state index contributed by atoms with van der Waals surface area (Å²) in [7, 11) is 6.31. The number of benzene rings is 3. The fourth-order valence-corrected chi connectivity index (χ4v) is 3.78. The van der Waals surface area contributed by atoms with Gasteiger partial charge in [-0.2, -0.15) is 0 Å². The summed E-state index contributed by atoms with van der Waals surface area (Å²) in [5.74, 6) is 2.19. The fraction of sp³-hybridized carbons (Fsp3) is 0.185. The van der Waals surface area contributed by atoms with Gasteiger partial charge in [0.25, 0.3) is 0 Å². The smallest absolute Gasteiger partial charge is 0.230 e. The van der Waals surface area contributed by atoms with Crippen LogP contribution in [-0.2, 0) is 11.2 Å². The van der Waals surface area contributed by atoms with Crippen LogP contribution in [0.3, 0.4) is 0 Å². The van der Waals surface area contributed by atoms with Crippen LogP contribution in [0.4, 0.5) is 17.1 Å². The van der Waals surface area contributed by atoms with Gasteiger partial charge < -0.3 is 29.6 Å². The Labute approximate surface area is 203 Å².